The van der Waals surface area contributed by atoms with Crippen molar-refractivity contribution in [3.05, 3.63) is 142 Å². The van der Waals surface area contributed by atoms with E-state index in [0.717, 1.165) is 36.2 Å². The highest BCUT2D eigenvalue weighted by Crippen LogP contribution is 2.32. The van der Waals surface area contributed by atoms with Crippen LogP contribution < -0.4 is 4.90 Å². The van der Waals surface area contributed by atoms with Gasteiger partial charge in [0.2, 0.25) is 0 Å². The van der Waals surface area contributed by atoms with Gasteiger partial charge in [0.25, 0.3) is 11.8 Å². The van der Waals surface area contributed by atoms with Crippen LogP contribution in [0.5, 0.6) is 5.75 Å². The molecular formula is C39H37BrN4O4. The number of morpholine rings is 1. The fourth-order valence-electron chi connectivity index (χ4n) is 6.75. The van der Waals surface area contributed by atoms with Gasteiger partial charge >= 0.3 is 0 Å². The van der Waals surface area contributed by atoms with E-state index < -0.39 is 0 Å². The van der Waals surface area contributed by atoms with Crippen molar-refractivity contribution in [1.29, 1.82) is 0 Å². The van der Waals surface area contributed by atoms with Crippen LogP contribution >= 0.6 is 15.9 Å². The Morgan fingerprint density at radius 3 is 2.31 bits per heavy atom. The fraction of sp³-hybridized carbons (Fsp3) is 0.231. The van der Waals surface area contributed by atoms with Crippen molar-refractivity contribution in [2.24, 2.45) is 0 Å². The lowest BCUT2D eigenvalue weighted by atomic mass is 9.92. The Morgan fingerprint density at radius 2 is 1.56 bits per heavy atom. The molecule has 0 saturated carbocycles. The molecule has 1 saturated heterocycles. The largest absolute Gasteiger partial charge is 0.508 e. The Kier molecular flexibility index (Phi) is 9.17. The Hall–Kier alpha value is -4.70. The zero-order valence-corrected chi connectivity index (χ0v) is 28.3. The first-order valence-electron chi connectivity index (χ1n) is 16.2. The molecule has 7 rings (SSSR count). The quantitative estimate of drug-likeness (QED) is 0.195. The van der Waals surface area contributed by atoms with Gasteiger partial charge in [0.1, 0.15) is 5.75 Å². The molecule has 1 aromatic heterocycles. The lowest BCUT2D eigenvalue weighted by molar-refractivity contribution is 0.0193. The molecule has 244 valence electrons. The number of fused-ring (bicyclic) bond motifs is 1. The number of aromatic nitrogens is 1. The highest BCUT2D eigenvalue weighted by molar-refractivity contribution is 9.10. The molecule has 1 fully saturated rings. The molecule has 2 aliphatic heterocycles. The minimum absolute atomic E-state index is 0.00892. The van der Waals surface area contributed by atoms with Crippen molar-refractivity contribution in [1.82, 2.24) is 14.4 Å². The maximum Gasteiger partial charge on any atom is 0.264 e. The van der Waals surface area contributed by atoms with E-state index >= 15 is 0 Å². The van der Waals surface area contributed by atoms with Crippen LogP contribution in [0.3, 0.4) is 0 Å². The number of hydrogen-bond donors (Lipinski definition) is 1. The van der Waals surface area contributed by atoms with Crippen LogP contribution in [0.25, 0.3) is 5.69 Å². The molecule has 0 spiro atoms. The van der Waals surface area contributed by atoms with E-state index in [1.807, 2.05) is 83.3 Å². The lowest BCUT2D eigenvalue weighted by Gasteiger charge is -2.40. The van der Waals surface area contributed by atoms with E-state index in [1.165, 1.54) is 11.1 Å². The number of carbonyl (C=O) groups excluding carboxylic acids is 2. The van der Waals surface area contributed by atoms with Crippen LogP contribution in [-0.4, -0.2) is 70.2 Å². The van der Waals surface area contributed by atoms with Crippen molar-refractivity contribution in [2.75, 3.05) is 37.7 Å². The van der Waals surface area contributed by atoms with Gasteiger partial charge in [-0.2, -0.15) is 0 Å². The molecule has 5 aromatic rings. The number of amides is 2. The molecule has 3 heterocycles. The summed E-state index contributed by atoms with van der Waals surface area (Å²) in [6.07, 6.45) is 2.60. The van der Waals surface area contributed by atoms with Gasteiger partial charge in [0.05, 0.1) is 30.0 Å². The lowest BCUT2D eigenvalue weighted by Crippen LogP contribution is -2.52. The second-order valence-electron chi connectivity index (χ2n) is 12.4. The van der Waals surface area contributed by atoms with Gasteiger partial charge in [-0.3, -0.25) is 19.4 Å². The van der Waals surface area contributed by atoms with E-state index in [0.29, 0.717) is 47.9 Å². The van der Waals surface area contributed by atoms with E-state index in [1.54, 1.807) is 29.2 Å². The number of carbonyl (C=O) groups is 2. The number of ether oxygens (including phenoxy) is 1. The summed E-state index contributed by atoms with van der Waals surface area (Å²) < 4.78 is 8.36. The van der Waals surface area contributed by atoms with Crippen LogP contribution in [0.2, 0.25) is 0 Å². The molecule has 0 unspecified atom stereocenters. The van der Waals surface area contributed by atoms with Crippen LogP contribution in [-0.2, 0) is 17.7 Å². The third kappa shape index (κ3) is 6.54. The molecule has 0 aliphatic carbocycles. The molecule has 1 atom stereocenters. The van der Waals surface area contributed by atoms with Gasteiger partial charge in [0.15, 0.2) is 0 Å². The molecule has 0 radical (unpaired) electrons. The van der Waals surface area contributed by atoms with Gasteiger partial charge in [-0.05, 0) is 85.1 Å². The Balaban J connectivity index is 1.25. The fourth-order valence-corrected chi connectivity index (χ4v) is 7.10. The number of halogens is 1. The van der Waals surface area contributed by atoms with Gasteiger partial charge < -0.3 is 19.3 Å². The van der Waals surface area contributed by atoms with Crippen molar-refractivity contribution in [2.45, 2.75) is 25.9 Å². The summed E-state index contributed by atoms with van der Waals surface area (Å²) in [6, 6.07) is 32.0. The monoisotopic (exact) mass is 704 g/mol. The summed E-state index contributed by atoms with van der Waals surface area (Å²) >= 11 is 3.64. The average Bonchev–Trinajstić information content (AvgIpc) is 3.51. The molecule has 2 amide bonds. The van der Waals surface area contributed by atoms with Crippen molar-refractivity contribution in [3.8, 4) is 11.4 Å². The van der Waals surface area contributed by atoms with Crippen LogP contribution in [0.4, 0.5) is 11.4 Å². The molecule has 1 N–H and O–H groups in total. The normalized spacial score (nSPS) is 16.4. The number of rotatable bonds is 7. The maximum absolute atomic E-state index is 14.7. The van der Waals surface area contributed by atoms with Gasteiger partial charge in [-0.25, -0.2) is 0 Å². The third-order valence-corrected chi connectivity index (χ3v) is 9.72. The number of nitrogens with zero attached hydrogens (tertiary/aromatic N) is 4. The van der Waals surface area contributed by atoms with E-state index in [9.17, 15) is 14.7 Å². The predicted octanol–water partition coefficient (Wildman–Crippen LogP) is 7.13. The number of benzene rings is 4. The summed E-state index contributed by atoms with van der Waals surface area (Å²) in [5.41, 5.74) is 6.35. The Morgan fingerprint density at radius 1 is 0.875 bits per heavy atom. The second-order valence-corrected chi connectivity index (χ2v) is 13.3. The van der Waals surface area contributed by atoms with E-state index in [4.69, 9.17) is 4.74 Å². The molecule has 0 bridgehead atoms. The Bertz CT molecular complexity index is 1940. The van der Waals surface area contributed by atoms with Gasteiger partial charge in [-0.15, -0.1) is 0 Å². The molecule has 4 aromatic carbocycles. The first kappa shape index (κ1) is 31.9. The number of para-hydroxylation sites is 1. The molecule has 8 nitrogen and oxygen atoms in total. The van der Waals surface area contributed by atoms with Crippen molar-refractivity contribution in [3.63, 3.8) is 0 Å². The topological polar surface area (TPSA) is 78.2 Å². The summed E-state index contributed by atoms with van der Waals surface area (Å²) in [5.74, 6) is -0.145. The second kappa shape index (κ2) is 13.8. The van der Waals surface area contributed by atoms with Crippen molar-refractivity contribution >= 4 is 39.1 Å². The highest BCUT2D eigenvalue weighted by Gasteiger charge is 2.33. The number of aryl methyl sites for hydroxylation is 1. The summed E-state index contributed by atoms with van der Waals surface area (Å²) in [5, 5.41) is 9.92. The molecule has 2 aliphatic rings. The smallest absolute Gasteiger partial charge is 0.264 e. The number of hydrogen-bond acceptors (Lipinski definition) is 5. The minimum atomic E-state index is -0.227. The number of anilines is 2. The van der Waals surface area contributed by atoms with Gasteiger partial charge in [-0.1, -0.05) is 58.4 Å². The number of phenols is 1. The van der Waals surface area contributed by atoms with E-state index in [-0.39, 0.29) is 23.6 Å². The predicted molar refractivity (Wildman–Crippen MR) is 190 cm³/mol. The maximum atomic E-state index is 14.7. The van der Waals surface area contributed by atoms with Crippen LogP contribution in [0, 0.1) is 6.92 Å². The third-order valence-electron chi connectivity index (χ3n) is 9.22. The average molecular weight is 706 g/mol. The van der Waals surface area contributed by atoms with Crippen molar-refractivity contribution < 1.29 is 19.4 Å². The van der Waals surface area contributed by atoms with Crippen LogP contribution in [0.15, 0.2) is 114 Å². The SMILES string of the molecule is Cc1cc(C(=O)N(c2ccccc2)c2ccc(O)cc2)cn1-c1cc(Br)ccc1C(=O)N1Cc2ccccc2C[C@H]1CN1CCOCC1. The number of aromatic hydroxyl groups is 1. The summed E-state index contributed by atoms with van der Waals surface area (Å²) in [7, 11) is 0. The standard InChI is InChI=1S/C39H37BrN4O4/c1-27-21-30(38(46)44(32-9-3-2-4-10-32)33-12-14-35(45)15-13-33)25-42(27)37-23-31(40)11-16-36(37)39(47)43-24-29-8-6-5-7-28(29)22-34(43)26-41-17-19-48-20-18-41/h2-16,21,23,25,34,45H,17-20,22,24,26H2,1H3/t34-/m0/s1. The zero-order valence-electron chi connectivity index (χ0n) is 26.8. The zero-order chi connectivity index (χ0) is 33.2. The first-order valence-corrected chi connectivity index (χ1v) is 17.0. The number of phenolic OH excluding ortho intramolecular Hbond substituents is 1. The first-order chi connectivity index (χ1) is 23.4. The minimum Gasteiger partial charge on any atom is -0.508 e. The van der Waals surface area contributed by atoms with Gasteiger partial charge in [0, 0.05) is 60.0 Å². The molecular weight excluding hydrogens is 668 g/mol. The summed E-state index contributed by atoms with van der Waals surface area (Å²) in [6.45, 7) is 6.38. The highest BCUT2D eigenvalue weighted by atomic mass is 79.9. The van der Waals surface area contributed by atoms with Crippen LogP contribution in [0.1, 0.15) is 37.5 Å². The Labute approximate surface area is 288 Å². The summed E-state index contributed by atoms with van der Waals surface area (Å²) in [4.78, 5) is 35.0. The molecule has 9 heteroatoms. The van der Waals surface area contributed by atoms with E-state index in [2.05, 4.69) is 39.0 Å². The molecule has 48 heavy (non-hydrogen) atoms.